The van der Waals surface area contributed by atoms with Crippen molar-refractivity contribution in [3.05, 3.63) is 87.3 Å². The molecular formula is C40H48F2N4O9. The number of nitrogens with zero attached hydrogens (tertiary/aromatic N) is 2. The summed E-state index contributed by atoms with van der Waals surface area (Å²) in [6, 6.07) is 7.97. The molecule has 55 heavy (non-hydrogen) atoms. The van der Waals surface area contributed by atoms with Crippen LogP contribution in [0.3, 0.4) is 0 Å². The molecule has 15 heteroatoms. The first-order valence-corrected chi connectivity index (χ1v) is 18.8. The number of amides is 2. The average Bonchev–Trinajstić information content (AvgIpc) is 3.60. The first-order chi connectivity index (χ1) is 26.3. The maximum absolute atomic E-state index is 15.1. The minimum absolute atomic E-state index is 0.125. The van der Waals surface area contributed by atoms with Gasteiger partial charge in [-0.05, 0) is 101 Å². The van der Waals surface area contributed by atoms with Gasteiger partial charge in [-0.3, -0.25) is 19.2 Å². The normalized spacial score (nSPS) is 18.6. The lowest BCUT2D eigenvalue weighted by molar-refractivity contribution is -0.186. The Morgan fingerprint density at radius 1 is 0.945 bits per heavy atom. The average molecular weight is 767 g/mol. The summed E-state index contributed by atoms with van der Waals surface area (Å²) >= 11 is 0. The van der Waals surface area contributed by atoms with E-state index in [1.165, 1.54) is 55.1 Å². The zero-order chi connectivity index (χ0) is 39.9. The van der Waals surface area contributed by atoms with E-state index >= 15 is 4.39 Å². The van der Waals surface area contributed by atoms with Gasteiger partial charge in [0.2, 0.25) is 12.2 Å². The molecular weight excluding hydrogens is 718 g/mol. The molecule has 3 aromatic rings. The minimum atomic E-state index is -1.28. The fourth-order valence-electron chi connectivity index (χ4n) is 7.59. The number of hydrogen-bond acceptors (Lipinski definition) is 10. The third kappa shape index (κ3) is 9.49. The van der Waals surface area contributed by atoms with Crippen molar-refractivity contribution < 1.29 is 46.9 Å². The van der Waals surface area contributed by atoms with Gasteiger partial charge in [0.25, 0.3) is 5.91 Å². The predicted octanol–water partition coefficient (Wildman–Crippen LogP) is 7.18. The van der Waals surface area contributed by atoms with Crippen LogP contribution in [-0.4, -0.2) is 63.5 Å². The molecule has 2 fully saturated rings. The molecule has 5 rings (SSSR count). The van der Waals surface area contributed by atoms with Crippen LogP contribution >= 0.6 is 0 Å². The molecule has 2 N–H and O–H groups in total. The highest BCUT2D eigenvalue weighted by molar-refractivity contribution is 5.98. The molecule has 296 valence electrons. The molecule has 4 atom stereocenters. The maximum Gasteiger partial charge on any atom is 0.511 e. The number of aryl methyl sites for hydroxylation is 1. The fraction of sp³-hybridized carbons (Fsp3) is 0.500. The number of rotatable bonds is 13. The van der Waals surface area contributed by atoms with E-state index in [2.05, 4.69) is 15.5 Å². The van der Waals surface area contributed by atoms with E-state index in [0.717, 1.165) is 38.2 Å². The van der Waals surface area contributed by atoms with Crippen molar-refractivity contribution in [2.24, 2.45) is 5.41 Å². The molecule has 1 unspecified atom stereocenters. The van der Waals surface area contributed by atoms with E-state index in [1.54, 1.807) is 26.8 Å². The van der Waals surface area contributed by atoms with Crippen molar-refractivity contribution in [2.75, 3.05) is 0 Å². The Kier molecular flexibility index (Phi) is 13.3. The smallest absolute Gasteiger partial charge is 0.448 e. The minimum Gasteiger partial charge on any atom is -0.448 e. The van der Waals surface area contributed by atoms with Crippen LogP contribution < -0.4 is 15.6 Å². The molecule has 2 amide bonds. The summed E-state index contributed by atoms with van der Waals surface area (Å²) < 4.78 is 51.5. The van der Waals surface area contributed by atoms with E-state index in [9.17, 15) is 28.4 Å². The monoisotopic (exact) mass is 766 g/mol. The van der Waals surface area contributed by atoms with Crippen LogP contribution in [0.2, 0.25) is 0 Å². The van der Waals surface area contributed by atoms with E-state index in [0.29, 0.717) is 24.1 Å². The van der Waals surface area contributed by atoms with Gasteiger partial charge in [0, 0.05) is 24.6 Å². The van der Waals surface area contributed by atoms with Crippen LogP contribution in [0.25, 0.3) is 0 Å². The van der Waals surface area contributed by atoms with Gasteiger partial charge >= 0.3 is 17.7 Å². The standard InChI is InChI=1S/C40H48F2N4O9/c1-6-40(7-2,38(50)52-25(5)53-39(51)54-29-14-9-8-10-15-29)34-19-17-31(26-12-11-13-28(41)21-26)46(34)37(49)24(4)43-35(47)27-16-18-32(30(42)22-27)55-33-20-23(3)44-45-36(33)48/h11-13,16,18,20-22,24-25,29,31,34H,6-10,14-15,17,19H2,1-5H3,(H,43,47)(H,45,48)/t24-,25?,31+,34-/m1/s1. The number of esters is 1. The number of nitrogens with one attached hydrogen (secondary N) is 2. The Hall–Kier alpha value is -5.34. The highest BCUT2D eigenvalue weighted by Gasteiger charge is 2.54. The zero-order valence-corrected chi connectivity index (χ0v) is 31.7. The van der Waals surface area contributed by atoms with E-state index in [-0.39, 0.29) is 36.0 Å². The van der Waals surface area contributed by atoms with Gasteiger partial charge in [-0.25, -0.2) is 18.7 Å². The first-order valence-electron chi connectivity index (χ1n) is 18.8. The Morgan fingerprint density at radius 3 is 2.35 bits per heavy atom. The summed E-state index contributed by atoms with van der Waals surface area (Å²) in [7, 11) is 0. The Morgan fingerprint density at radius 2 is 1.67 bits per heavy atom. The van der Waals surface area contributed by atoms with Crippen molar-refractivity contribution in [2.45, 2.75) is 123 Å². The number of aromatic amines is 1. The molecule has 2 aliphatic rings. The fourth-order valence-corrected chi connectivity index (χ4v) is 7.59. The molecule has 1 aliphatic heterocycles. The summed E-state index contributed by atoms with van der Waals surface area (Å²) in [6.45, 7) is 8.10. The van der Waals surface area contributed by atoms with Gasteiger partial charge in [-0.1, -0.05) is 32.4 Å². The van der Waals surface area contributed by atoms with Crippen LogP contribution in [0.5, 0.6) is 11.5 Å². The van der Waals surface area contributed by atoms with Crippen LogP contribution in [0.1, 0.15) is 113 Å². The topological polar surface area (TPSA) is 166 Å². The summed E-state index contributed by atoms with van der Waals surface area (Å²) in [5.41, 5.74) is -1.13. The second-order valence-electron chi connectivity index (χ2n) is 14.1. The second-order valence-corrected chi connectivity index (χ2v) is 14.1. The van der Waals surface area contributed by atoms with Crippen LogP contribution in [0, 0.1) is 24.0 Å². The molecule has 2 heterocycles. The number of carbonyl (C=O) groups is 4. The van der Waals surface area contributed by atoms with Gasteiger partial charge in [-0.15, -0.1) is 0 Å². The second kappa shape index (κ2) is 17.9. The van der Waals surface area contributed by atoms with E-state index in [4.69, 9.17) is 18.9 Å². The summed E-state index contributed by atoms with van der Waals surface area (Å²) in [6.07, 6.45) is 3.19. The molecule has 2 aromatic carbocycles. The van der Waals surface area contributed by atoms with Crippen LogP contribution in [0.4, 0.5) is 13.6 Å². The Balaban J connectivity index is 1.35. The van der Waals surface area contributed by atoms with E-state index < -0.39 is 71.0 Å². The number of benzene rings is 2. The highest BCUT2D eigenvalue weighted by Crippen LogP contribution is 2.48. The Bertz CT molecular complexity index is 1930. The quantitative estimate of drug-likeness (QED) is 0.134. The van der Waals surface area contributed by atoms with Crippen molar-refractivity contribution in [1.82, 2.24) is 20.4 Å². The molecule has 13 nitrogen and oxygen atoms in total. The number of halogens is 2. The van der Waals surface area contributed by atoms with E-state index in [1.807, 2.05) is 0 Å². The number of ether oxygens (including phenoxy) is 4. The van der Waals surface area contributed by atoms with Crippen molar-refractivity contribution in [1.29, 1.82) is 0 Å². The van der Waals surface area contributed by atoms with Crippen molar-refractivity contribution >= 4 is 23.9 Å². The summed E-state index contributed by atoms with van der Waals surface area (Å²) in [4.78, 5) is 68.1. The summed E-state index contributed by atoms with van der Waals surface area (Å²) in [5, 5.41) is 8.63. The molecule has 1 aliphatic carbocycles. The SMILES string of the molecule is CCC(CC)(C(=O)OC(C)OC(=O)OC1CCCCC1)[C@H]1CC[C@@H](c2cccc(F)c2)N1C(=O)[C@@H](C)NC(=O)c1ccc(Oc2cc(C)n[nH]c2=O)c(F)c1. The van der Waals surface area contributed by atoms with Gasteiger partial charge in [0.15, 0.2) is 17.3 Å². The number of carbonyl (C=O) groups excluding carboxylic acids is 4. The first kappa shape index (κ1) is 40.8. The third-order valence-corrected chi connectivity index (χ3v) is 10.6. The maximum atomic E-state index is 15.1. The lowest BCUT2D eigenvalue weighted by atomic mass is 9.74. The molecule has 1 saturated heterocycles. The van der Waals surface area contributed by atoms with Crippen LogP contribution in [-0.2, 0) is 23.8 Å². The largest absolute Gasteiger partial charge is 0.511 e. The molecule has 0 radical (unpaired) electrons. The van der Waals surface area contributed by atoms with Gasteiger partial charge < -0.3 is 29.2 Å². The number of likely N-dealkylation sites (tertiary alicyclic amines) is 1. The lowest BCUT2D eigenvalue weighted by Crippen LogP contribution is -2.56. The zero-order valence-electron chi connectivity index (χ0n) is 31.7. The third-order valence-electron chi connectivity index (χ3n) is 10.6. The lowest BCUT2D eigenvalue weighted by Gasteiger charge is -2.43. The highest BCUT2D eigenvalue weighted by atomic mass is 19.1. The molecule has 1 aromatic heterocycles. The number of hydrogen-bond donors (Lipinski definition) is 2. The molecule has 0 spiro atoms. The number of H-pyrrole nitrogens is 1. The predicted molar refractivity (Wildman–Crippen MR) is 195 cm³/mol. The van der Waals surface area contributed by atoms with Crippen molar-refractivity contribution in [3.8, 4) is 11.5 Å². The Labute approximate surface area is 318 Å². The number of aromatic nitrogens is 2. The van der Waals surface area contributed by atoms with Crippen LogP contribution in [0.15, 0.2) is 53.3 Å². The van der Waals surface area contributed by atoms with Gasteiger partial charge in [-0.2, -0.15) is 5.10 Å². The molecule has 1 saturated carbocycles. The van der Waals surface area contributed by atoms with Crippen molar-refractivity contribution in [3.63, 3.8) is 0 Å². The van der Waals surface area contributed by atoms with Gasteiger partial charge in [0.1, 0.15) is 18.0 Å². The van der Waals surface area contributed by atoms with Gasteiger partial charge in [0.05, 0.1) is 17.2 Å². The summed E-state index contributed by atoms with van der Waals surface area (Å²) in [5.74, 6) is -3.94. The molecule has 0 bridgehead atoms.